The summed E-state index contributed by atoms with van der Waals surface area (Å²) in [5.74, 6) is -0.309. The van der Waals surface area contributed by atoms with Crippen LogP contribution in [0.25, 0.3) is 0 Å². The third-order valence-corrected chi connectivity index (χ3v) is 3.14. The van der Waals surface area contributed by atoms with Gasteiger partial charge in [0.2, 0.25) is 15.9 Å². The van der Waals surface area contributed by atoms with Crippen LogP contribution in [0.1, 0.15) is 13.3 Å². The predicted molar refractivity (Wildman–Crippen MR) is 61.6 cm³/mol. The standard InChI is InChI=1S/C9H20N2O4S/c1-4-6-11(16(3,13)14)8-9(12)10-5-7-15-2/h4-8H2,1-3H3,(H,10,12). The van der Waals surface area contributed by atoms with Gasteiger partial charge >= 0.3 is 0 Å². The number of nitrogens with one attached hydrogen (secondary N) is 1. The quantitative estimate of drug-likeness (QED) is 0.586. The van der Waals surface area contributed by atoms with E-state index in [1.54, 1.807) is 0 Å². The molecule has 0 aromatic heterocycles. The largest absolute Gasteiger partial charge is 0.383 e. The van der Waals surface area contributed by atoms with Crippen molar-refractivity contribution in [2.45, 2.75) is 13.3 Å². The minimum atomic E-state index is -3.31. The number of amides is 1. The van der Waals surface area contributed by atoms with E-state index in [9.17, 15) is 13.2 Å². The molecule has 0 rings (SSSR count). The van der Waals surface area contributed by atoms with Crippen LogP contribution >= 0.6 is 0 Å². The summed E-state index contributed by atoms with van der Waals surface area (Å²) in [5, 5.41) is 2.57. The lowest BCUT2D eigenvalue weighted by atomic mass is 10.4. The Balaban J connectivity index is 4.14. The number of carbonyl (C=O) groups is 1. The van der Waals surface area contributed by atoms with Crippen LogP contribution in [0.5, 0.6) is 0 Å². The first-order valence-corrected chi connectivity index (χ1v) is 6.97. The second kappa shape index (κ2) is 7.59. The molecule has 0 heterocycles. The topological polar surface area (TPSA) is 75.7 Å². The zero-order chi connectivity index (χ0) is 12.6. The molecule has 0 bridgehead atoms. The van der Waals surface area contributed by atoms with E-state index < -0.39 is 10.0 Å². The van der Waals surface area contributed by atoms with E-state index in [0.717, 1.165) is 10.6 Å². The minimum Gasteiger partial charge on any atom is -0.383 e. The highest BCUT2D eigenvalue weighted by atomic mass is 32.2. The Labute approximate surface area is 97.0 Å². The molecule has 96 valence electrons. The number of hydrogen-bond donors (Lipinski definition) is 1. The van der Waals surface area contributed by atoms with E-state index in [1.807, 2.05) is 6.92 Å². The molecule has 6 nitrogen and oxygen atoms in total. The number of sulfonamides is 1. The van der Waals surface area contributed by atoms with Crippen LogP contribution in [0, 0.1) is 0 Å². The van der Waals surface area contributed by atoms with Crippen LogP contribution < -0.4 is 5.32 Å². The number of ether oxygens (including phenoxy) is 1. The van der Waals surface area contributed by atoms with Crippen molar-refractivity contribution >= 4 is 15.9 Å². The van der Waals surface area contributed by atoms with Crippen molar-refractivity contribution in [3.63, 3.8) is 0 Å². The fourth-order valence-electron chi connectivity index (χ4n) is 1.12. The van der Waals surface area contributed by atoms with E-state index in [2.05, 4.69) is 5.32 Å². The van der Waals surface area contributed by atoms with Gasteiger partial charge in [0.15, 0.2) is 0 Å². The Morgan fingerprint density at radius 2 is 2.06 bits per heavy atom. The van der Waals surface area contributed by atoms with Gasteiger partial charge in [-0.3, -0.25) is 4.79 Å². The minimum absolute atomic E-state index is 0.129. The fourth-order valence-corrected chi connectivity index (χ4v) is 1.99. The van der Waals surface area contributed by atoms with Gasteiger partial charge in [-0.2, -0.15) is 4.31 Å². The van der Waals surface area contributed by atoms with Gasteiger partial charge in [0.1, 0.15) is 0 Å². The van der Waals surface area contributed by atoms with Gasteiger partial charge in [0, 0.05) is 20.2 Å². The van der Waals surface area contributed by atoms with Gasteiger partial charge in [-0.25, -0.2) is 8.42 Å². The summed E-state index contributed by atoms with van der Waals surface area (Å²) in [6.07, 6.45) is 1.78. The summed E-state index contributed by atoms with van der Waals surface area (Å²) in [6, 6.07) is 0. The molecule has 0 fully saturated rings. The van der Waals surface area contributed by atoms with Crippen LogP contribution in [0.2, 0.25) is 0 Å². The molecule has 0 unspecified atom stereocenters. The molecule has 0 saturated heterocycles. The van der Waals surface area contributed by atoms with Crippen molar-refractivity contribution in [3.8, 4) is 0 Å². The number of carbonyl (C=O) groups excluding carboxylic acids is 1. The van der Waals surface area contributed by atoms with Crippen molar-refractivity contribution < 1.29 is 17.9 Å². The van der Waals surface area contributed by atoms with Crippen LogP contribution in [0.4, 0.5) is 0 Å². The molecular formula is C9H20N2O4S. The van der Waals surface area contributed by atoms with Crippen LogP contribution in [0.15, 0.2) is 0 Å². The Hall–Kier alpha value is -0.660. The lowest BCUT2D eigenvalue weighted by Crippen LogP contribution is -2.41. The monoisotopic (exact) mass is 252 g/mol. The molecule has 0 spiro atoms. The van der Waals surface area contributed by atoms with Crippen molar-refractivity contribution in [1.29, 1.82) is 0 Å². The maximum atomic E-state index is 11.4. The Morgan fingerprint density at radius 3 is 2.50 bits per heavy atom. The molecule has 0 aromatic carbocycles. The predicted octanol–water partition coefficient (Wildman–Crippen LogP) is -0.579. The molecule has 16 heavy (non-hydrogen) atoms. The maximum absolute atomic E-state index is 11.4. The third-order valence-electron chi connectivity index (χ3n) is 1.89. The fraction of sp³-hybridized carbons (Fsp3) is 0.889. The number of nitrogens with zero attached hydrogens (tertiary/aromatic N) is 1. The Bertz CT molecular complexity index is 303. The average molecular weight is 252 g/mol. The van der Waals surface area contributed by atoms with E-state index in [-0.39, 0.29) is 12.5 Å². The smallest absolute Gasteiger partial charge is 0.235 e. The van der Waals surface area contributed by atoms with Crippen LogP contribution in [-0.2, 0) is 19.6 Å². The molecule has 1 N–H and O–H groups in total. The van der Waals surface area contributed by atoms with Gasteiger partial charge in [0.05, 0.1) is 19.4 Å². The van der Waals surface area contributed by atoms with Gasteiger partial charge in [-0.1, -0.05) is 6.92 Å². The summed E-state index contributed by atoms with van der Waals surface area (Å²) in [7, 11) is -1.78. The van der Waals surface area contributed by atoms with Crippen molar-refractivity contribution in [2.75, 3.05) is 39.6 Å². The zero-order valence-electron chi connectivity index (χ0n) is 10.0. The SMILES string of the molecule is CCCN(CC(=O)NCCOC)S(C)(=O)=O. The molecule has 0 radical (unpaired) electrons. The molecule has 1 amide bonds. The van der Waals surface area contributed by atoms with Crippen molar-refractivity contribution in [3.05, 3.63) is 0 Å². The van der Waals surface area contributed by atoms with Gasteiger partial charge in [0.25, 0.3) is 0 Å². The molecule has 0 aromatic rings. The lowest BCUT2D eigenvalue weighted by molar-refractivity contribution is -0.121. The van der Waals surface area contributed by atoms with Crippen LogP contribution in [0.3, 0.4) is 0 Å². The van der Waals surface area contributed by atoms with Gasteiger partial charge in [-0.05, 0) is 6.42 Å². The lowest BCUT2D eigenvalue weighted by Gasteiger charge is -2.18. The summed E-state index contributed by atoms with van der Waals surface area (Å²) >= 11 is 0. The number of rotatable bonds is 8. The zero-order valence-corrected chi connectivity index (χ0v) is 10.8. The van der Waals surface area contributed by atoms with E-state index in [0.29, 0.717) is 26.1 Å². The number of methoxy groups -OCH3 is 1. The molecule has 0 aliphatic heterocycles. The Kier molecular flexibility index (Phi) is 7.27. The molecule has 7 heteroatoms. The van der Waals surface area contributed by atoms with Gasteiger partial charge in [-0.15, -0.1) is 0 Å². The van der Waals surface area contributed by atoms with Gasteiger partial charge < -0.3 is 10.1 Å². The normalized spacial score (nSPS) is 11.8. The molecular weight excluding hydrogens is 232 g/mol. The van der Waals surface area contributed by atoms with Crippen molar-refractivity contribution in [2.24, 2.45) is 0 Å². The molecule has 0 aliphatic carbocycles. The second-order valence-corrected chi connectivity index (χ2v) is 5.42. The summed E-state index contributed by atoms with van der Waals surface area (Å²) in [4.78, 5) is 11.4. The molecule has 0 atom stereocenters. The summed E-state index contributed by atoms with van der Waals surface area (Å²) in [6.45, 7) is 2.89. The highest BCUT2D eigenvalue weighted by Gasteiger charge is 2.18. The van der Waals surface area contributed by atoms with E-state index in [4.69, 9.17) is 4.74 Å². The third kappa shape index (κ3) is 6.76. The van der Waals surface area contributed by atoms with Crippen LogP contribution in [-0.4, -0.2) is 58.2 Å². The summed E-state index contributed by atoms with van der Waals surface area (Å²) < 4.78 is 28.5. The highest BCUT2D eigenvalue weighted by Crippen LogP contribution is 1.98. The van der Waals surface area contributed by atoms with E-state index in [1.165, 1.54) is 7.11 Å². The first-order valence-electron chi connectivity index (χ1n) is 5.12. The first-order chi connectivity index (χ1) is 7.41. The molecule has 0 saturated carbocycles. The maximum Gasteiger partial charge on any atom is 0.235 e. The first kappa shape index (κ1) is 15.3. The van der Waals surface area contributed by atoms with Crippen molar-refractivity contribution in [1.82, 2.24) is 9.62 Å². The van der Waals surface area contributed by atoms with E-state index >= 15 is 0 Å². The molecule has 0 aliphatic rings. The Morgan fingerprint density at radius 1 is 1.44 bits per heavy atom. The summed E-state index contributed by atoms with van der Waals surface area (Å²) in [5.41, 5.74) is 0. The average Bonchev–Trinajstić information content (AvgIpc) is 2.16. The number of hydrogen-bond acceptors (Lipinski definition) is 4. The highest BCUT2D eigenvalue weighted by molar-refractivity contribution is 7.88. The second-order valence-electron chi connectivity index (χ2n) is 3.44.